The Bertz CT molecular complexity index is 707. The number of alkyl carbamates (subject to hydrolysis) is 1. The molecule has 0 radical (unpaired) electrons. The molecular formula is C24H39N3O6. The molecule has 0 unspecified atom stereocenters. The van der Waals surface area contributed by atoms with E-state index in [0.29, 0.717) is 11.8 Å². The largest absolute Gasteiger partial charge is 0.460 e. The summed E-state index contributed by atoms with van der Waals surface area (Å²) < 4.78 is 9.68. The smallest absolute Gasteiger partial charge is 0.433 e. The zero-order valence-electron chi connectivity index (χ0n) is 20.2. The maximum atomic E-state index is 12.0. The summed E-state index contributed by atoms with van der Waals surface area (Å²) >= 11 is 0. The number of amides is 2. The number of carbonyl (C=O) groups is 3. The first kappa shape index (κ1) is 26.7. The lowest BCUT2D eigenvalue weighted by Crippen LogP contribution is -2.39. The minimum atomic E-state index is -0.724. The predicted octanol–water partition coefficient (Wildman–Crippen LogP) is 4.81. The number of carbonyl (C=O) groups excluding carboxylic acids is 3. The van der Waals surface area contributed by atoms with Gasteiger partial charge in [0.15, 0.2) is 0 Å². The summed E-state index contributed by atoms with van der Waals surface area (Å²) in [6, 6.07) is 0.204. The van der Waals surface area contributed by atoms with Gasteiger partial charge in [0.05, 0.1) is 12.3 Å². The maximum Gasteiger partial charge on any atom is 0.433 e. The molecule has 2 amide bonds. The molecular weight excluding hydrogens is 426 g/mol. The van der Waals surface area contributed by atoms with E-state index in [4.69, 9.17) is 14.3 Å². The van der Waals surface area contributed by atoms with Crippen molar-refractivity contribution < 1.29 is 28.7 Å². The first-order chi connectivity index (χ1) is 15.8. The van der Waals surface area contributed by atoms with E-state index >= 15 is 0 Å². The van der Waals surface area contributed by atoms with Crippen LogP contribution >= 0.6 is 0 Å². The summed E-state index contributed by atoms with van der Waals surface area (Å²) in [4.78, 5) is 40.2. The van der Waals surface area contributed by atoms with Crippen LogP contribution in [-0.4, -0.2) is 42.6 Å². The molecule has 2 aliphatic carbocycles. The molecule has 0 aliphatic heterocycles. The van der Waals surface area contributed by atoms with Crippen LogP contribution in [-0.2, 0) is 19.1 Å². The number of nitrogens with one attached hydrogen (secondary N) is 2. The Morgan fingerprint density at radius 3 is 1.88 bits per heavy atom. The Morgan fingerprint density at radius 1 is 0.879 bits per heavy atom. The van der Waals surface area contributed by atoms with Crippen LogP contribution in [0, 0.1) is 11.8 Å². The second-order valence-corrected chi connectivity index (χ2v) is 9.05. The summed E-state index contributed by atoms with van der Waals surface area (Å²) in [7, 11) is 0. The molecule has 0 bridgehead atoms. The highest BCUT2D eigenvalue weighted by Crippen LogP contribution is 2.35. The average Bonchev–Trinajstić information content (AvgIpc) is 2.80. The van der Waals surface area contributed by atoms with Crippen LogP contribution in [0.3, 0.4) is 0 Å². The lowest BCUT2D eigenvalue weighted by Gasteiger charge is -2.34. The van der Waals surface area contributed by atoms with Crippen molar-refractivity contribution in [2.24, 2.45) is 17.0 Å². The summed E-state index contributed by atoms with van der Waals surface area (Å²) in [6.07, 6.45) is 8.85. The van der Waals surface area contributed by atoms with Crippen molar-refractivity contribution in [3.63, 3.8) is 0 Å². The molecule has 0 spiro atoms. The topological polar surface area (TPSA) is 115 Å². The van der Waals surface area contributed by atoms with Crippen molar-refractivity contribution in [1.82, 2.24) is 10.6 Å². The first-order valence-corrected chi connectivity index (χ1v) is 12.2. The lowest BCUT2D eigenvalue weighted by molar-refractivity contribution is -0.141. The molecule has 2 saturated carbocycles. The molecule has 9 heteroatoms. The highest BCUT2D eigenvalue weighted by atomic mass is 16.7. The van der Waals surface area contributed by atoms with Crippen LogP contribution in [0.2, 0.25) is 0 Å². The van der Waals surface area contributed by atoms with Crippen molar-refractivity contribution in [3.05, 3.63) is 12.3 Å². The van der Waals surface area contributed by atoms with Crippen molar-refractivity contribution in [2.45, 2.75) is 97.1 Å². The van der Waals surface area contributed by atoms with Gasteiger partial charge in [-0.3, -0.25) is 4.84 Å². The third-order valence-corrected chi connectivity index (χ3v) is 6.52. The standard InChI is InChI=1S/C24H39N3O6/c1-5-16(3)27-33-24(30)26-21-13-9-19(10-14-21)15-18-7-11-20(12-8-18)25-23(29)32-17(4)22(28)31-6-2/h18-21H,4-15H2,1-3H3,(H,25,29)(H,26,30). The Hall–Kier alpha value is -2.58. The van der Waals surface area contributed by atoms with Gasteiger partial charge >= 0.3 is 18.2 Å². The van der Waals surface area contributed by atoms with Gasteiger partial charge in [-0.25, -0.2) is 14.4 Å². The van der Waals surface area contributed by atoms with Gasteiger partial charge < -0.3 is 20.1 Å². The highest BCUT2D eigenvalue weighted by Gasteiger charge is 2.28. The van der Waals surface area contributed by atoms with E-state index in [1.165, 1.54) is 6.42 Å². The van der Waals surface area contributed by atoms with Crippen molar-refractivity contribution in [1.29, 1.82) is 0 Å². The lowest BCUT2D eigenvalue weighted by atomic mass is 9.76. The number of ether oxygens (including phenoxy) is 2. The molecule has 0 aromatic rings. The van der Waals surface area contributed by atoms with Gasteiger partial charge in [0.1, 0.15) is 0 Å². The second kappa shape index (κ2) is 13.9. The zero-order valence-corrected chi connectivity index (χ0v) is 20.2. The van der Waals surface area contributed by atoms with E-state index < -0.39 is 18.2 Å². The predicted molar refractivity (Wildman–Crippen MR) is 125 cm³/mol. The van der Waals surface area contributed by atoms with Crippen LogP contribution in [0.5, 0.6) is 0 Å². The molecule has 2 fully saturated rings. The van der Waals surface area contributed by atoms with Crippen LogP contribution in [0.25, 0.3) is 0 Å². The Balaban J connectivity index is 1.61. The van der Waals surface area contributed by atoms with Gasteiger partial charge in [0.25, 0.3) is 0 Å². The van der Waals surface area contributed by atoms with E-state index in [-0.39, 0.29) is 24.4 Å². The van der Waals surface area contributed by atoms with E-state index in [1.807, 2.05) is 13.8 Å². The average molecular weight is 466 g/mol. The number of oxime groups is 1. The Labute approximate surface area is 196 Å². The fourth-order valence-corrected chi connectivity index (χ4v) is 4.49. The van der Waals surface area contributed by atoms with Crippen LogP contribution in [0.15, 0.2) is 17.5 Å². The molecule has 0 saturated heterocycles. The summed E-state index contributed by atoms with van der Waals surface area (Å²) in [6.45, 7) is 9.10. The van der Waals surface area contributed by atoms with E-state index in [1.54, 1.807) is 6.92 Å². The molecule has 2 N–H and O–H groups in total. The van der Waals surface area contributed by atoms with E-state index in [2.05, 4.69) is 22.4 Å². The van der Waals surface area contributed by atoms with Gasteiger partial charge in [-0.2, -0.15) is 0 Å². The molecule has 33 heavy (non-hydrogen) atoms. The Kier molecular flexibility index (Phi) is 11.2. The number of rotatable bonds is 9. The van der Waals surface area contributed by atoms with Crippen LogP contribution < -0.4 is 10.6 Å². The third-order valence-electron chi connectivity index (χ3n) is 6.52. The number of esters is 1. The fourth-order valence-electron chi connectivity index (χ4n) is 4.49. The molecule has 186 valence electrons. The van der Waals surface area contributed by atoms with E-state index in [0.717, 1.165) is 63.5 Å². The third kappa shape index (κ3) is 9.84. The number of hydrogen-bond donors (Lipinski definition) is 2. The van der Waals surface area contributed by atoms with Crippen molar-refractivity contribution in [3.8, 4) is 0 Å². The SMILES string of the molecule is C=C(OC(=O)NC1CCC(CC2CCC(NC(=O)ON=C(C)CC)CC2)CC1)C(=O)OCC. The quantitative estimate of drug-likeness (QED) is 0.126. The number of hydrogen-bond acceptors (Lipinski definition) is 7. The summed E-state index contributed by atoms with van der Waals surface area (Å²) in [5.41, 5.74) is 0.790. The number of nitrogens with zero attached hydrogens (tertiary/aromatic N) is 1. The van der Waals surface area contributed by atoms with Crippen molar-refractivity contribution >= 4 is 23.9 Å². The van der Waals surface area contributed by atoms with Crippen molar-refractivity contribution in [2.75, 3.05) is 6.61 Å². The van der Waals surface area contributed by atoms with Gasteiger partial charge in [-0.15, -0.1) is 0 Å². The first-order valence-electron chi connectivity index (χ1n) is 12.2. The fraction of sp³-hybridized carbons (Fsp3) is 0.750. The maximum absolute atomic E-state index is 12.0. The van der Waals surface area contributed by atoms with Gasteiger partial charge in [-0.1, -0.05) is 12.1 Å². The van der Waals surface area contributed by atoms with Gasteiger partial charge in [0, 0.05) is 12.1 Å². The summed E-state index contributed by atoms with van der Waals surface area (Å²) in [5.74, 6) is 0.301. The van der Waals surface area contributed by atoms with Crippen LogP contribution in [0.4, 0.5) is 9.59 Å². The highest BCUT2D eigenvalue weighted by molar-refractivity contribution is 5.88. The van der Waals surface area contributed by atoms with Crippen LogP contribution in [0.1, 0.15) is 85.0 Å². The monoisotopic (exact) mass is 465 g/mol. The van der Waals surface area contributed by atoms with E-state index in [9.17, 15) is 14.4 Å². The molecule has 0 aromatic heterocycles. The molecule has 0 atom stereocenters. The molecule has 2 rings (SSSR count). The summed E-state index contributed by atoms with van der Waals surface area (Å²) in [5, 5.41) is 9.54. The second-order valence-electron chi connectivity index (χ2n) is 9.05. The van der Waals surface area contributed by atoms with Gasteiger partial charge in [0.2, 0.25) is 5.76 Å². The normalized spacial score (nSPS) is 25.5. The molecule has 9 nitrogen and oxygen atoms in total. The molecule has 2 aliphatic rings. The van der Waals surface area contributed by atoms with Gasteiger partial charge in [-0.05, 0) is 96.5 Å². The molecule has 0 aromatic carbocycles. The minimum Gasteiger partial charge on any atom is -0.460 e. The minimum absolute atomic E-state index is 0.0497. The molecule has 0 heterocycles. The zero-order chi connectivity index (χ0) is 24.2. The Morgan fingerprint density at radius 2 is 1.39 bits per heavy atom.